The first kappa shape index (κ1) is 14.6. The first-order valence-corrected chi connectivity index (χ1v) is 6.95. The molecule has 0 fully saturated rings. The molecule has 3 nitrogen and oxygen atoms in total. The van der Waals surface area contributed by atoms with Crippen LogP contribution in [-0.2, 0) is 6.54 Å². The minimum atomic E-state index is 0.186. The molecule has 0 heterocycles. The third kappa shape index (κ3) is 3.83. The highest BCUT2D eigenvalue weighted by Crippen LogP contribution is 2.17. The molecular weight excluding hydrogens is 246 g/mol. The van der Waals surface area contributed by atoms with Crippen molar-refractivity contribution in [3.05, 3.63) is 65.7 Å². The van der Waals surface area contributed by atoms with Crippen molar-refractivity contribution in [2.75, 3.05) is 25.5 Å². The number of rotatable bonds is 6. The predicted molar refractivity (Wildman–Crippen MR) is 85.8 cm³/mol. The van der Waals surface area contributed by atoms with Crippen molar-refractivity contribution in [2.45, 2.75) is 12.6 Å². The second-order valence-corrected chi connectivity index (χ2v) is 5.14. The maximum atomic E-state index is 5.89. The summed E-state index contributed by atoms with van der Waals surface area (Å²) in [5.41, 5.74) is 9.60. The zero-order valence-corrected chi connectivity index (χ0v) is 12.2. The average molecular weight is 269 g/mol. The molecule has 2 rings (SSSR count). The van der Waals surface area contributed by atoms with E-state index in [1.807, 2.05) is 20.2 Å². The lowest BCUT2D eigenvalue weighted by atomic mass is 10.1. The van der Waals surface area contributed by atoms with Crippen LogP contribution in [0, 0.1) is 0 Å². The molecular formula is C17H23N3. The van der Waals surface area contributed by atoms with Gasteiger partial charge in [-0.05, 0) is 23.3 Å². The van der Waals surface area contributed by atoms with E-state index in [2.05, 4.69) is 58.7 Å². The topological polar surface area (TPSA) is 41.3 Å². The van der Waals surface area contributed by atoms with Crippen molar-refractivity contribution in [1.82, 2.24) is 5.32 Å². The minimum absolute atomic E-state index is 0.186. The number of hydrogen-bond acceptors (Lipinski definition) is 3. The number of nitrogens with one attached hydrogen (secondary N) is 1. The quantitative estimate of drug-likeness (QED) is 0.847. The normalized spacial score (nSPS) is 12.2. The Morgan fingerprint density at radius 1 is 1.00 bits per heavy atom. The summed E-state index contributed by atoms with van der Waals surface area (Å²) in [5.74, 6) is 0. The van der Waals surface area contributed by atoms with Gasteiger partial charge in [0.25, 0.3) is 0 Å². The molecule has 0 radical (unpaired) electrons. The highest BCUT2D eigenvalue weighted by Gasteiger charge is 2.09. The Hall–Kier alpha value is -1.84. The highest BCUT2D eigenvalue weighted by molar-refractivity contribution is 5.46. The van der Waals surface area contributed by atoms with Crippen LogP contribution in [0.15, 0.2) is 54.6 Å². The van der Waals surface area contributed by atoms with Gasteiger partial charge in [0.2, 0.25) is 0 Å². The van der Waals surface area contributed by atoms with E-state index in [1.54, 1.807) is 0 Å². The Balaban J connectivity index is 2.01. The molecule has 0 amide bonds. The fourth-order valence-corrected chi connectivity index (χ4v) is 2.18. The van der Waals surface area contributed by atoms with Crippen molar-refractivity contribution < 1.29 is 0 Å². The summed E-state index contributed by atoms with van der Waals surface area (Å²) < 4.78 is 0. The van der Waals surface area contributed by atoms with E-state index in [1.165, 1.54) is 16.8 Å². The molecule has 2 aromatic rings. The minimum Gasteiger partial charge on any atom is -0.378 e. The van der Waals surface area contributed by atoms with E-state index >= 15 is 0 Å². The van der Waals surface area contributed by atoms with Crippen LogP contribution in [0.25, 0.3) is 0 Å². The Morgan fingerprint density at radius 3 is 2.20 bits per heavy atom. The van der Waals surface area contributed by atoms with Crippen molar-refractivity contribution in [3.8, 4) is 0 Å². The predicted octanol–water partition coefficient (Wildman–Crippen LogP) is 2.54. The summed E-state index contributed by atoms with van der Waals surface area (Å²) in [6, 6.07) is 19.1. The summed E-state index contributed by atoms with van der Waals surface area (Å²) in [6.07, 6.45) is 0. The van der Waals surface area contributed by atoms with Gasteiger partial charge in [0.15, 0.2) is 0 Å². The fourth-order valence-electron chi connectivity index (χ4n) is 2.18. The average Bonchev–Trinajstić information content (AvgIpc) is 2.49. The van der Waals surface area contributed by atoms with Gasteiger partial charge in [-0.2, -0.15) is 0 Å². The first-order chi connectivity index (χ1) is 9.70. The molecule has 1 unspecified atom stereocenters. The van der Waals surface area contributed by atoms with E-state index in [0.29, 0.717) is 6.54 Å². The molecule has 0 aliphatic carbocycles. The summed E-state index contributed by atoms with van der Waals surface area (Å²) in [6.45, 7) is 1.42. The van der Waals surface area contributed by atoms with Crippen LogP contribution in [0.1, 0.15) is 17.2 Å². The van der Waals surface area contributed by atoms with Crippen LogP contribution in [0.4, 0.5) is 5.69 Å². The monoisotopic (exact) mass is 269 g/mol. The summed E-state index contributed by atoms with van der Waals surface area (Å²) in [4.78, 5) is 2.10. The van der Waals surface area contributed by atoms with Gasteiger partial charge in [0.1, 0.15) is 0 Å². The van der Waals surface area contributed by atoms with Crippen LogP contribution >= 0.6 is 0 Å². The largest absolute Gasteiger partial charge is 0.378 e. The Labute approximate surface area is 121 Å². The van der Waals surface area contributed by atoms with Crippen LogP contribution in [0.3, 0.4) is 0 Å². The molecule has 0 bridgehead atoms. The van der Waals surface area contributed by atoms with Crippen LogP contribution in [0.2, 0.25) is 0 Å². The van der Waals surface area contributed by atoms with E-state index in [0.717, 1.165) is 6.54 Å². The molecule has 1 atom stereocenters. The zero-order chi connectivity index (χ0) is 14.4. The number of nitrogens with zero attached hydrogens (tertiary/aromatic N) is 1. The Kier molecular flexibility index (Phi) is 5.16. The molecule has 0 aromatic heterocycles. The van der Waals surface area contributed by atoms with Gasteiger partial charge >= 0.3 is 0 Å². The van der Waals surface area contributed by atoms with E-state index in [4.69, 9.17) is 5.73 Å². The Morgan fingerprint density at radius 2 is 1.65 bits per heavy atom. The van der Waals surface area contributed by atoms with Crippen molar-refractivity contribution in [3.63, 3.8) is 0 Å². The van der Waals surface area contributed by atoms with E-state index < -0.39 is 0 Å². The molecule has 3 N–H and O–H groups in total. The second kappa shape index (κ2) is 7.08. The summed E-state index contributed by atoms with van der Waals surface area (Å²) >= 11 is 0. The lowest BCUT2D eigenvalue weighted by molar-refractivity contribution is 0.542. The number of hydrogen-bond donors (Lipinski definition) is 2. The molecule has 0 saturated heterocycles. The zero-order valence-electron chi connectivity index (χ0n) is 12.2. The molecule has 3 heteroatoms. The summed E-state index contributed by atoms with van der Waals surface area (Å²) in [5, 5.41) is 3.51. The van der Waals surface area contributed by atoms with Gasteiger partial charge in [0.05, 0.1) is 0 Å². The maximum absolute atomic E-state index is 5.89. The van der Waals surface area contributed by atoms with E-state index in [-0.39, 0.29) is 6.04 Å². The molecule has 0 spiro atoms. The molecule has 20 heavy (non-hydrogen) atoms. The van der Waals surface area contributed by atoms with Crippen molar-refractivity contribution in [1.29, 1.82) is 0 Å². The highest BCUT2D eigenvalue weighted by atomic mass is 15.1. The smallest absolute Gasteiger partial charge is 0.0447 e. The SMILES string of the molecule is CN(C)c1ccc(C(CN)NCc2ccccc2)cc1. The fraction of sp³-hybridized carbons (Fsp3) is 0.294. The van der Waals surface area contributed by atoms with Gasteiger partial charge in [-0.3, -0.25) is 0 Å². The Bertz CT molecular complexity index is 506. The molecule has 0 aliphatic heterocycles. The lowest BCUT2D eigenvalue weighted by Gasteiger charge is -2.19. The number of nitrogens with two attached hydrogens (primary N) is 1. The number of benzene rings is 2. The lowest BCUT2D eigenvalue weighted by Crippen LogP contribution is -2.27. The van der Waals surface area contributed by atoms with Gasteiger partial charge in [-0.25, -0.2) is 0 Å². The van der Waals surface area contributed by atoms with Crippen LogP contribution < -0.4 is 16.0 Å². The molecule has 2 aromatic carbocycles. The van der Waals surface area contributed by atoms with Crippen molar-refractivity contribution in [2.24, 2.45) is 5.73 Å². The molecule has 0 aliphatic rings. The van der Waals surface area contributed by atoms with Crippen LogP contribution in [0.5, 0.6) is 0 Å². The third-order valence-electron chi connectivity index (χ3n) is 3.44. The standard InChI is InChI=1S/C17H23N3/c1-20(2)16-10-8-15(9-11-16)17(12-18)19-13-14-6-4-3-5-7-14/h3-11,17,19H,12-13,18H2,1-2H3. The third-order valence-corrected chi connectivity index (χ3v) is 3.44. The molecule has 106 valence electrons. The van der Waals surface area contributed by atoms with Crippen molar-refractivity contribution >= 4 is 5.69 Å². The maximum Gasteiger partial charge on any atom is 0.0447 e. The first-order valence-electron chi connectivity index (χ1n) is 6.95. The van der Waals surface area contributed by atoms with Crippen LogP contribution in [-0.4, -0.2) is 20.6 Å². The molecule has 0 saturated carbocycles. The summed E-state index contributed by atoms with van der Waals surface area (Å²) in [7, 11) is 4.09. The van der Waals surface area contributed by atoms with Gasteiger partial charge in [-0.15, -0.1) is 0 Å². The second-order valence-electron chi connectivity index (χ2n) is 5.14. The van der Waals surface area contributed by atoms with Gasteiger partial charge in [0, 0.05) is 38.9 Å². The number of anilines is 1. The van der Waals surface area contributed by atoms with Gasteiger partial charge in [-0.1, -0.05) is 42.5 Å². The van der Waals surface area contributed by atoms with Gasteiger partial charge < -0.3 is 16.0 Å². The van der Waals surface area contributed by atoms with E-state index in [9.17, 15) is 0 Å².